The van der Waals surface area contributed by atoms with Crippen molar-refractivity contribution >= 4 is 67.0 Å². The number of halogens is 1. The van der Waals surface area contributed by atoms with Crippen molar-refractivity contribution in [1.82, 2.24) is 23.4 Å². The van der Waals surface area contributed by atoms with Crippen LogP contribution < -0.4 is 15.5 Å². The quantitative estimate of drug-likeness (QED) is 0.129. The molecule has 288 valence electrons. The summed E-state index contributed by atoms with van der Waals surface area (Å²) in [5.74, 6) is -1.33. The predicted octanol–water partition coefficient (Wildman–Crippen LogP) is 7.44. The maximum absolute atomic E-state index is 16.2. The standard InChI is InChI=1S/C40H45FN8O5S/c1-8-47(21-20-46(6)7)36-32(41)22-28(23-33(36)42-26(2)50)43-38-44-35(31-24-48(39(51)54-40(3,4)5)34-17-13-12-16-29(31)34)30-18-19-49(37(30)45-38)55(52,53)25-27-14-10-9-11-15-27/h9-19,22-24H,8,20-21,25H2,1-7H3,(H,42,50)(H,43,44,45). The Morgan fingerprint density at radius 2 is 1.65 bits per heavy atom. The van der Waals surface area contributed by atoms with Gasteiger partial charge in [-0.3, -0.25) is 9.36 Å². The van der Waals surface area contributed by atoms with Crippen LogP contribution in [0, 0.1) is 5.82 Å². The molecule has 2 N–H and O–H groups in total. The lowest BCUT2D eigenvalue weighted by Crippen LogP contribution is -2.33. The smallest absolute Gasteiger partial charge is 0.419 e. The predicted molar refractivity (Wildman–Crippen MR) is 215 cm³/mol. The number of hydrogen-bond acceptors (Lipinski definition) is 10. The van der Waals surface area contributed by atoms with Gasteiger partial charge >= 0.3 is 6.09 Å². The van der Waals surface area contributed by atoms with Gasteiger partial charge in [0.25, 0.3) is 0 Å². The van der Waals surface area contributed by atoms with Gasteiger partial charge in [0, 0.05) is 61.0 Å². The number of nitrogens with one attached hydrogen (secondary N) is 2. The van der Waals surface area contributed by atoms with Crippen LogP contribution in [0.2, 0.25) is 0 Å². The molecule has 0 unspecified atom stereocenters. The van der Waals surface area contributed by atoms with Gasteiger partial charge in [-0.25, -0.2) is 26.6 Å². The van der Waals surface area contributed by atoms with Gasteiger partial charge in [-0.15, -0.1) is 0 Å². The zero-order valence-corrected chi connectivity index (χ0v) is 32.7. The molecule has 6 aromatic rings. The van der Waals surface area contributed by atoms with E-state index in [9.17, 15) is 18.0 Å². The topological polar surface area (TPSA) is 144 Å². The summed E-state index contributed by atoms with van der Waals surface area (Å²) in [7, 11) is -0.158. The van der Waals surface area contributed by atoms with Crippen LogP contribution >= 0.6 is 0 Å². The molecule has 13 nitrogen and oxygen atoms in total. The van der Waals surface area contributed by atoms with Crippen molar-refractivity contribution in [2.24, 2.45) is 0 Å². The van der Waals surface area contributed by atoms with Gasteiger partial charge in [0.1, 0.15) is 5.60 Å². The molecule has 0 spiro atoms. The van der Waals surface area contributed by atoms with Gasteiger partial charge in [0.05, 0.1) is 28.3 Å². The first-order valence-electron chi connectivity index (χ1n) is 17.8. The molecule has 55 heavy (non-hydrogen) atoms. The summed E-state index contributed by atoms with van der Waals surface area (Å²) in [6.45, 7) is 10.2. The van der Waals surface area contributed by atoms with Crippen molar-refractivity contribution in [3.05, 3.63) is 96.6 Å². The summed E-state index contributed by atoms with van der Waals surface area (Å²) in [5, 5.41) is 6.89. The van der Waals surface area contributed by atoms with Gasteiger partial charge in [0.15, 0.2) is 11.5 Å². The summed E-state index contributed by atoms with van der Waals surface area (Å²) >= 11 is 0. The van der Waals surface area contributed by atoms with Crippen molar-refractivity contribution < 1.29 is 27.1 Å². The second-order valence-corrected chi connectivity index (χ2v) is 16.3. The molecule has 0 fully saturated rings. The second-order valence-electron chi connectivity index (χ2n) is 14.4. The number of aromatic nitrogens is 4. The molecule has 0 aliphatic rings. The molecule has 3 aromatic heterocycles. The molecule has 0 aliphatic heterocycles. The Morgan fingerprint density at radius 3 is 2.33 bits per heavy atom. The SMILES string of the molecule is CCN(CCN(C)C)c1c(F)cc(Nc2nc(-c3cn(C(=O)OC(C)(C)C)c4ccccc34)c3ccn(S(=O)(=O)Cc4ccccc4)c3n2)cc1NC(C)=O. The van der Waals surface area contributed by atoms with E-state index in [2.05, 4.69) is 15.6 Å². The number of carbonyl (C=O) groups is 2. The molecule has 0 atom stereocenters. The number of anilines is 4. The van der Waals surface area contributed by atoms with Crippen LogP contribution in [0.4, 0.5) is 32.2 Å². The van der Waals surface area contributed by atoms with E-state index < -0.39 is 27.5 Å². The van der Waals surface area contributed by atoms with Gasteiger partial charge in [-0.1, -0.05) is 48.5 Å². The fraction of sp³-hybridized carbons (Fsp3) is 0.300. The zero-order valence-electron chi connectivity index (χ0n) is 31.9. The number of likely N-dealkylation sites (N-methyl/N-ethyl adjacent to an activating group) is 2. The highest BCUT2D eigenvalue weighted by molar-refractivity contribution is 7.89. The molecule has 0 bridgehead atoms. The summed E-state index contributed by atoms with van der Waals surface area (Å²) in [4.78, 5) is 39.2. The van der Waals surface area contributed by atoms with Crippen LogP contribution in [0.3, 0.4) is 0 Å². The van der Waals surface area contributed by atoms with Crippen molar-refractivity contribution in [1.29, 1.82) is 0 Å². The van der Waals surface area contributed by atoms with E-state index in [1.807, 2.05) is 49.0 Å². The van der Waals surface area contributed by atoms with E-state index in [0.29, 0.717) is 52.7 Å². The third-order valence-electron chi connectivity index (χ3n) is 8.71. The molecule has 3 aromatic carbocycles. The van der Waals surface area contributed by atoms with Gasteiger partial charge in [-0.05, 0) is 71.6 Å². The van der Waals surface area contributed by atoms with Crippen molar-refractivity contribution in [2.75, 3.05) is 49.3 Å². The number of nitrogens with zero attached hydrogens (tertiary/aromatic N) is 6. The molecular weight excluding hydrogens is 724 g/mol. The fourth-order valence-electron chi connectivity index (χ4n) is 6.32. The number of fused-ring (bicyclic) bond motifs is 2. The van der Waals surface area contributed by atoms with Crippen molar-refractivity contribution in [2.45, 2.75) is 46.0 Å². The Balaban J connectivity index is 1.54. The summed E-state index contributed by atoms with van der Waals surface area (Å²) in [6, 6.07) is 20.5. The molecule has 1 amide bonds. The minimum atomic E-state index is -4.01. The highest BCUT2D eigenvalue weighted by Crippen LogP contribution is 2.38. The van der Waals surface area contributed by atoms with Crippen molar-refractivity contribution in [3.63, 3.8) is 0 Å². The van der Waals surface area contributed by atoms with Gasteiger partial charge in [-0.2, -0.15) is 4.98 Å². The Morgan fingerprint density at radius 1 is 0.945 bits per heavy atom. The van der Waals surface area contributed by atoms with E-state index in [4.69, 9.17) is 9.72 Å². The number of rotatable bonds is 12. The average molecular weight is 769 g/mol. The highest BCUT2D eigenvalue weighted by Gasteiger charge is 2.26. The van der Waals surface area contributed by atoms with E-state index >= 15 is 4.39 Å². The minimum absolute atomic E-state index is 0.0488. The lowest BCUT2D eigenvalue weighted by molar-refractivity contribution is -0.114. The lowest BCUT2D eigenvalue weighted by Gasteiger charge is -2.28. The van der Waals surface area contributed by atoms with E-state index in [0.717, 1.165) is 3.97 Å². The van der Waals surface area contributed by atoms with Crippen LogP contribution in [0.1, 0.15) is 40.2 Å². The molecule has 6 rings (SSSR count). The monoisotopic (exact) mass is 768 g/mol. The zero-order chi connectivity index (χ0) is 39.7. The van der Waals surface area contributed by atoms with Crippen LogP contribution in [-0.4, -0.2) is 83.2 Å². The average Bonchev–Trinajstić information content (AvgIpc) is 3.71. The van der Waals surface area contributed by atoms with Gasteiger partial charge < -0.3 is 25.2 Å². The molecule has 0 saturated heterocycles. The summed E-state index contributed by atoms with van der Waals surface area (Å²) in [5.41, 5.74) is 1.95. The van der Waals surface area contributed by atoms with Gasteiger partial charge in [0.2, 0.25) is 21.9 Å². The second kappa shape index (κ2) is 15.5. The first kappa shape index (κ1) is 38.9. The molecule has 15 heteroatoms. The number of amides is 1. The molecule has 0 saturated carbocycles. The van der Waals surface area contributed by atoms with Crippen LogP contribution in [0.15, 0.2) is 85.2 Å². The minimum Gasteiger partial charge on any atom is -0.443 e. The largest absolute Gasteiger partial charge is 0.443 e. The Bertz CT molecular complexity index is 2490. The number of carbonyl (C=O) groups excluding carboxylic acids is 2. The van der Waals surface area contributed by atoms with Crippen LogP contribution in [0.25, 0.3) is 33.2 Å². The first-order chi connectivity index (χ1) is 26.0. The summed E-state index contributed by atoms with van der Waals surface area (Å²) in [6.07, 6.45) is 2.43. The maximum atomic E-state index is 16.2. The van der Waals surface area contributed by atoms with Crippen molar-refractivity contribution in [3.8, 4) is 11.3 Å². The first-order valence-corrected chi connectivity index (χ1v) is 19.4. The fourth-order valence-corrected chi connectivity index (χ4v) is 7.72. The Hall–Kier alpha value is -5.80. The van der Waals surface area contributed by atoms with E-state index in [1.165, 1.54) is 23.8 Å². The highest BCUT2D eigenvalue weighted by atomic mass is 32.2. The number of ether oxygens (including phenoxy) is 1. The normalized spacial score (nSPS) is 12.0. The summed E-state index contributed by atoms with van der Waals surface area (Å²) < 4.78 is 52.3. The molecule has 0 aliphatic carbocycles. The molecular formula is C40H45FN8O5S. The third-order valence-corrected chi connectivity index (χ3v) is 10.3. The maximum Gasteiger partial charge on any atom is 0.419 e. The van der Waals surface area contributed by atoms with E-state index in [1.54, 1.807) is 75.5 Å². The Labute approximate surface area is 319 Å². The molecule has 3 heterocycles. The number of hydrogen-bond donors (Lipinski definition) is 2. The number of benzene rings is 3. The third kappa shape index (κ3) is 8.63. The number of para-hydroxylation sites is 1. The van der Waals surface area contributed by atoms with Crippen LogP contribution in [0.5, 0.6) is 0 Å². The molecule has 0 radical (unpaired) electrons. The lowest BCUT2D eigenvalue weighted by atomic mass is 10.1. The Kier molecular flexibility index (Phi) is 11.0. The van der Waals surface area contributed by atoms with Crippen LogP contribution in [-0.2, 0) is 25.3 Å². The van der Waals surface area contributed by atoms with E-state index in [-0.39, 0.29) is 40.3 Å².